The standard InChI is InChI=1S/C31H25F3N6O5S/c1-19-27(29(42)38(2)30(43)39(19)24-10-6-9-22(15-24)31(32,33)34)28-26(17-36-40(28)23-13-11-20(16-35)12-14-23)46(44,45)37-25(18-41)21-7-4-3-5-8-21/h3-15,17,25,37,41H,18H2,1-2H3/t25-/m1/s1. The maximum absolute atomic E-state index is 14.0. The summed E-state index contributed by atoms with van der Waals surface area (Å²) in [5.41, 5.74) is -3.03. The van der Waals surface area contributed by atoms with Gasteiger partial charge in [0, 0.05) is 12.7 Å². The van der Waals surface area contributed by atoms with Crippen LogP contribution in [0.15, 0.2) is 99.5 Å². The Morgan fingerprint density at radius 1 is 1.00 bits per heavy atom. The Morgan fingerprint density at radius 3 is 2.28 bits per heavy atom. The van der Waals surface area contributed by atoms with Crippen LogP contribution in [-0.2, 0) is 23.2 Å². The zero-order valence-corrected chi connectivity index (χ0v) is 25.0. The van der Waals surface area contributed by atoms with Gasteiger partial charge in [-0.25, -0.2) is 22.6 Å². The number of sulfonamides is 1. The molecule has 5 aromatic rings. The minimum Gasteiger partial charge on any atom is -0.394 e. The first-order valence-electron chi connectivity index (χ1n) is 13.6. The van der Waals surface area contributed by atoms with Gasteiger partial charge in [0.15, 0.2) is 0 Å². The van der Waals surface area contributed by atoms with Crippen LogP contribution in [0, 0.1) is 18.3 Å². The van der Waals surface area contributed by atoms with E-state index in [4.69, 9.17) is 0 Å². The highest BCUT2D eigenvalue weighted by Crippen LogP contribution is 2.33. The van der Waals surface area contributed by atoms with Crippen LogP contribution < -0.4 is 16.0 Å². The monoisotopic (exact) mass is 650 g/mol. The molecule has 2 N–H and O–H groups in total. The van der Waals surface area contributed by atoms with E-state index >= 15 is 0 Å². The Balaban J connectivity index is 1.81. The van der Waals surface area contributed by atoms with Gasteiger partial charge in [-0.1, -0.05) is 36.4 Å². The van der Waals surface area contributed by atoms with Crippen molar-refractivity contribution < 1.29 is 26.7 Å². The van der Waals surface area contributed by atoms with E-state index in [0.29, 0.717) is 10.1 Å². The second-order valence-corrected chi connectivity index (χ2v) is 11.9. The van der Waals surface area contributed by atoms with Gasteiger partial charge >= 0.3 is 11.9 Å². The van der Waals surface area contributed by atoms with Crippen molar-refractivity contribution in [2.45, 2.75) is 24.0 Å². The summed E-state index contributed by atoms with van der Waals surface area (Å²) in [4.78, 5) is 26.7. The Bertz CT molecular complexity index is 2200. The molecule has 0 saturated carbocycles. The maximum Gasteiger partial charge on any atom is 0.416 e. The van der Waals surface area contributed by atoms with Crippen LogP contribution in [0.1, 0.15) is 28.4 Å². The molecule has 1 atom stereocenters. The van der Waals surface area contributed by atoms with Crippen molar-refractivity contribution in [3.05, 3.63) is 128 Å². The highest BCUT2D eigenvalue weighted by Gasteiger charge is 2.33. The first kappa shape index (κ1) is 32.1. The lowest BCUT2D eigenvalue weighted by molar-refractivity contribution is -0.137. The van der Waals surface area contributed by atoms with E-state index in [1.54, 1.807) is 30.3 Å². The van der Waals surface area contributed by atoms with Crippen molar-refractivity contribution in [1.82, 2.24) is 23.6 Å². The third-order valence-corrected chi connectivity index (χ3v) is 8.78. The zero-order valence-electron chi connectivity index (χ0n) is 24.2. The van der Waals surface area contributed by atoms with E-state index in [-0.39, 0.29) is 33.9 Å². The molecule has 5 rings (SSSR count). The van der Waals surface area contributed by atoms with Crippen LogP contribution in [0.3, 0.4) is 0 Å². The number of aliphatic hydroxyl groups is 1. The fourth-order valence-corrected chi connectivity index (χ4v) is 6.33. The number of aromatic nitrogens is 4. The van der Waals surface area contributed by atoms with Gasteiger partial charge in [-0.05, 0) is 55.0 Å². The average Bonchev–Trinajstić information content (AvgIpc) is 3.49. The number of hydrogen-bond donors (Lipinski definition) is 2. The molecule has 0 saturated heterocycles. The molecule has 0 radical (unpaired) electrons. The highest BCUT2D eigenvalue weighted by molar-refractivity contribution is 7.89. The molecule has 0 aliphatic rings. The molecule has 0 aliphatic carbocycles. The molecular formula is C31H25F3N6O5S. The lowest BCUT2D eigenvalue weighted by Crippen LogP contribution is -2.40. The molecule has 46 heavy (non-hydrogen) atoms. The normalized spacial score (nSPS) is 12.5. The number of alkyl halides is 3. The van der Waals surface area contributed by atoms with Gasteiger partial charge in [-0.15, -0.1) is 0 Å². The highest BCUT2D eigenvalue weighted by atomic mass is 32.2. The third-order valence-electron chi connectivity index (χ3n) is 7.31. The average molecular weight is 651 g/mol. The topological polar surface area (TPSA) is 152 Å². The molecule has 0 unspecified atom stereocenters. The van der Waals surface area contributed by atoms with Crippen LogP contribution in [0.25, 0.3) is 22.6 Å². The van der Waals surface area contributed by atoms with E-state index in [9.17, 15) is 41.5 Å². The van der Waals surface area contributed by atoms with Crippen molar-refractivity contribution in [1.29, 1.82) is 5.26 Å². The molecule has 0 spiro atoms. The summed E-state index contributed by atoms with van der Waals surface area (Å²) in [5.74, 6) is 0. The zero-order chi connectivity index (χ0) is 33.4. The number of nitriles is 1. The van der Waals surface area contributed by atoms with Crippen molar-refractivity contribution in [2.75, 3.05) is 6.61 Å². The molecule has 15 heteroatoms. The first-order valence-corrected chi connectivity index (χ1v) is 15.0. The molecule has 2 aromatic heterocycles. The smallest absolute Gasteiger partial charge is 0.394 e. The summed E-state index contributed by atoms with van der Waals surface area (Å²) >= 11 is 0. The number of nitrogens with zero attached hydrogens (tertiary/aromatic N) is 5. The number of hydrogen-bond acceptors (Lipinski definition) is 7. The van der Waals surface area contributed by atoms with Gasteiger partial charge in [-0.3, -0.25) is 13.9 Å². The second-order valence-electron chi connectivity index (χ2n) is 10.2. The Morgan fingerprint density at radius 2 is 1.67 bits per heavy atom. The van der Waals surface area contributed by atoms with Gasteiger partial charge in [0.05, 0.1) is 53.0 Å². The predicted octanol–water partition coefficient (Wildman–Crippen LogP) is 3.60. The largest absolute Gasteiger partial charge is 0.416 e. The quantitative estimate of drug-likeness (QED) is 0.260. The fraction of sp³-hybridized carbons (Fsp3) is 0.161. The molecule has 0 fully saturated rings. The predicted molar refractivity (Wildman–Crippen MR) is 161 cm³/mol. The molecule has 0 bridgehead atoms. The summed E-state index contributed by atoms with van der Waals surface area (Å²) in [5, 5.41) is 23.6. The van der Waals surface area contributed by atoms with Crippen molar-refractivity contribution >= 4 is 10.0 Å². The van der Waals surface area contributed by atoms with E-state index in [1.807, 2.05) is 6.07 Å². The molecule has 0 amide bonds. The third kappa shape index (κ3) is 5.88. The summed E-state index contributed by atoms with van der Waals surface area (Å²) in [6.07, 6.45) is -3.76. The summed E-state index contributed by atoms with van der Waals surface area (Å²) in [6.45, 7) is 0.683. The minimum absolute atomic E-state index is 0.166. The van der Waals surface area contributed by atoms with Gasteiger partial charge in [0.2, 0.25) is 10.0 Å². The van der Waals surface area contributed by atoms with E-state index < -0.39 is 50.6 Å². The van der Waals surface area contributed by atoms with E-state index in [0.717, 1.165) is 40.7 Å². The summed E-state index contributed by atoms with van der Waals surface area (Å²) < 4.78 is 73.8. The van der Waals surface area contributed by atoms with Crippen LogP contribution >= 0.6 is 0 Å². The molecule has 11 nitrogen and oxygen atoms in total. The summed E-state index contributed by atoms with van der Waals surface area (Å²) in [7, 11) is -3.47. The van der Waals surface area contributed by atoms with Crippen molar-refractivity contribution in [2.24, 2.45) is 7.05 Å². The number of rotatable bonds is 8. The lowest BCUT2D eigenvalue weighted by atomic mass is 10.1. The first-order chi connectivity index (χ1) is 21.8. The van der Waals surface area contributed by atoms with Crippen molar-refractivity contribution in [3.63, 3.8) is 0 Å². The van der Waals surface area contributed by atoms with Crippen molar-refractivity contribution in [3.8, 4) is 28.7 Å². The summed E-state index contributed by atoms with van der Waals surface area (Å²) in [6, 6.07) is 18.8. The maximum atomic E-state index is 14.0. The molecule has 2 heterocycles. The van der Waals surface area contributed by atoms with Crippen LogP contribution in [0.2, 0.25) is 0 Å². The molecule has 3 aromatic carbocycles. The van der Waals surface area contributed by atoms with Gasteiger partial charge in [0.25, 0.3) is 5.56 Å². The van der Waals surface area contributed by atoms with Crippen LogP contribution in [-0.4, -0.2) is 39.0 Å². The van der Waals surface area contributed by atoms with Crippen LogP contribution in [0.4, 0.5) is 13.2 Å². The van der Waals surface area contributed by atoms with Gasteiger partial charge in [-0.2, -0.15) is 23.5 Å². The second kappa shape index (κ2) is 12.2. The molecule has 0 aliphatic heterocycles. The number of aliphatic hydroxyl groups excluding tert-OH is 1. The van der Waals surface area contributed by atoms with Gasteiger partial charge < -0.3 is 5.11 Å². The van der Waals surface area contributed by atoms with E-state index in [1.165, 1.54) is 37.3 Å². The Kier molecular flexibility index (Phi) is 8.54. The Labute approximate surface area is 260 Å². The number of halogens is 3. The SMILES string of the molecule is Cc1c(-c2c(S(=O)(=O)N[C@H](CO)c3ccccc3)cnn2-c2ccc(C#N)cc2)c(=O)n(C)c(=O)n1-c1cccc(C(F)(F)F)c1. The van der Waals surface area contributed by atoms with Crippen LogP contribution in [0.5, 0.6) is 0 Å². The lowest BCUT2D eigenvalue weighted by Gasteiger charge is -2.20. The fourth-order valence-electron chi connectivity index (χ4n) is 4.99. The molecular weight excluding hydrogens is 625 g/mol. The van der Waals surface area contributed by atoms with E-state index in [2.05, 4.69) is 9.82 Å². The molecule has 236 valence electrons. The number of nitrogens with one attached hydrogen (secondary N) is 1. The minimum atomic E-state index is -4.74. The van der Waals surface area contributed by atoms with Gasteiger partial charge in [0.1, 0.15) is 10.6 Å². The number of benzene rings is 3. The Hall–Kier alpha value is -5.30.